The number of nitrogens with one attached hydrogen (secondary N) is 1. The highest BCUT2D eigenvalue weighted by Crippen LogP contribution is 2.17. The van der Waals surface area contributed by atoms with Gasteiger partial charge in [-0.3, -0.25) is 9.59 Å². The lowest BCUT2D eigenvalue weighted by Crippen LogP contribution is -2.46. The highest BCUT2D eigenvalue weighted by molar-refractivity contribution is 5.77. The van der Waals surface area contributed by atoms with E-state index in [2.05, 4.69) is 99.0 Å². The number of esters is 1. The number of amides is 1. The van der Waals surface area contributed by atoms with Crippen LogP contribution in [0.2, 0.25) is 0 Å². The van der Waals surface area contributed by atoms with Crippen molar-refractivity contribution < 1.29 is 24.5 Å². The molecule has 3 N–H and O–H groups in total. The van der Waals surface area contributed by atoms with Crippen LogP contribution in [0.3, 0.4) is 0 Å². The van der Waals surface area contributed by atoms with E-state index in [1.807, 2.05) is 24.3 Å². The van der Waals surface area contributed by atoms with E-state index in [4.69, 9.17) is 4.74 Å². The van der Waals surface area contributed by atoms with Crippen LogP contribution in [0.5, 0.6) is 0 Å². The number of hydrogen-bond donors (Lipinski definition) is 3. The monoisotopic (exact) mass is 890 g/mol. The van der Waals surface area contributed by atoms with Gasteiger partial charge >= 0.3 is 5.97 Å². The summed E-state index contributed by atoms with van der Waals surface area (Å²) in [4.78, 5) is 26.2. The summed E-state index contributed by atoms with van der Waals surface area (Å²) in [5.41, 5.74) is 0. The first kappa shape index (κ1) is 60.8. The number of unbranched alkanes of at least 4 members (excludes halogenated alkanes) is 21. The third-order valence-electron chi connectivity index (χ3n) is 11.5. The molecule has 0 aromatic rings. The van der Waals surface area contributed by atoms with Crippen LogP contribution in [0.1, 0.15) is 233 Å². The molecule has 0 aliphatic carbocycles. The molecule has 64 heavy (non-hydrogen) atoms. The van der Waals surface area contributed by atoms with E-state index in [0.29, 0.717) is 19.3 Å². The predicted molar refractivity (Wildman–Crippen MR) is 277 cm³/mol. The lowest BCUT2D eigenvalue weighted by atomic mass is 10.0. The Labute approximate surface area is 395 Å². The molecule has 0 rings (SSSR count). The summed E-state index contributed by atoms with van der Waals surface area (Å²) in [7, 11) is 0. The Morgan fingerprint density at radius 1 is 0.484 bits per heavy atom. The summed E-state index contributed by atoms with van der Waals surface area (Å²) in [6.07, 6.45) is 67.5. The number of carbonyl (C=O) groups is 2. The Hall–Kier alpha value is -3.22. The van der Waals surface area contributed by atoms with Gasteiger partial charge in [-0.2, -0.15) is 0 Å². The van der Waals surface area contributed by atoms with Crippen LogP contribution in [0.25, 0.3) is 0 Å². The molecule has 6 nitrogen and oxygen atoms in total. The quantitative estimate of drug-likeness (QED) is 0.0245. The largest absolute Gasteiger partial charge is 0.462 e. The Bertz CT molecular complexity index is 1270. The number of aliphatic hydroxyl groups is 2. The van der Waals surface area contributed by atoms with Gasteiger partial charge in [-0.1, -0.05) is 234 Å². The van der Waals surface area contributed by atoms with Gasteiger partial charge in [0, 0.05) is 6.42 Å². The van der Waals surface area contributed by atoms with Crippen LogP contribution in [0.4, 0.5) is 0 Å². The summed E-state index contributed by atoms with van der Waals surface area (Å²) in [5.74, 6) is -0.556. The summed E-state index contributed by atoms with van der Waals surface area (Å²) in [6, 6.07) is -0.727. The molecule has 6 heteroatoms. The van der Waals surface area contributed by atoms with Crippen molar-refractivity contribution in [2.75, 3.05) is 6.61 Å². The van der Waals surface area contributed by atoms with E-state index in [9.17, 15) is 19.8 Å². The average Bonchev–Trinajstić information content (AvgIpc) is 3.29. The van der Waals surface area contributed by atoms with Gasteiger partial charge in [-0.25, -0.2) is 0 Å². The number of ether oxygens (including phenoxy) is 1. The van der Waals surface area contributed by atoms with Gasteiger partial charge in [-0.05, 0) is 83.5 Å². The summed E-state index contributed by atoms with van der Waals surface area (Å²) in [6.45, 7) is 6.21. The van der Waals surface area contributed by atoms with Crippen LogP contribution in [0, 0.1) is 0 Å². The summed E-state index contributed by atoms with van der Waals surface area (Å²) < 4.78 is 5.90. The van der Waals surface area contributed by atoms with Crippen LogP contribution < -0.4 is 5.32 Å². The number of aliphatic hydroxyl groups excluding tert-OH is 2. The minimum absolute atomic E-state index is 0.0332. The van der Waals surface area contributed by atoms with E-state index >= 15 is 0 Å². The van der Waals surface area contributed by atoms with Gasteiger partial charge in [0.05, 0.1) is 25.2 Å². The zero-order chi connectivity index (χ0) is 46.7. The van der Waals surface area contributed by atoms with E-state index in [0.717, 1.165) is 103 Å². The summed E-state index contributed by atoms with van der Waals surface area (Å²) in [5, 5.41) is 23.8. The first-order chi connectivity index (χ1) is 31.5. The van der Waals surface area contributed by atoms with Crippen LogP contribution >= 0.6 is 0 Å². The van der Waals surface area contributed by atoms with Crippen molar-refractivity contribution >= 4 is 11.9 Å². The van der Waals surface area contributed by atoms with Crippen molar-refractivity contribution in [3.63, 3.8) is 0 Å². The van der Waals surface area contributed by atoms with E-state index in [-0.39, 0.29) is 24.9 Å². The zero-order valence-corrected chi connectivity index (χ0v) is 41.6. The number of rotatable bonds is 46. The van der Waals surface area contributed by atoms with Crippen LogP contribution in [0.15, 0.2) is 97.2 Å². The van der Waals surface area contributed by atoms with Gasteiger partial charge < -0.3 is 20.3 Å². The maximum absolute atomic E-state index is 13.2. The Balaban J connectivity index is 4.65. The Morgan fingerprint density at radius 3 is 1.47 bits per heavy atom. The second-order valence-corrected chi connectivity index (χ2v) is 17.6. The highest BCUT2D eigenvalue weighted by Gasteiger charge is 2.24. The molecular weight excluding hydrogens is 791 g/mol. The molecule has 0 aromatic carbocycles. The lowest BCUT2D eigenvalue weighted by Gasteiger charge is -2.24. The Kier molecular flexibility index (Phi) is 48.2. The molecule has 0 bridgehead atoms. The molecule has 0 aliphatic rings. The lowest BCUT2D eigenvalue weighted by molar-refractivity contribution is -0.151. The molecule has 0 heterocycles. The molecule has 0 radical (unpaired) electrons. The van der Waals surface area contributed by atoms with Gasteiger partial charge in [0.15, 0.2) is 0 Å². The second kappa shape index (κ2) is 50.8. The van der Waals surface area contributed by atoms with Gasteiger partial charge in [0.1, 0.15) is 6.10 Å². The number of carbonyl (C=O) groups excluding carboxylic acids is 2. The topological polar surface area (TPSA) is 95.9 Å². The van der Waals surface area contributed by atoms with Crippen molar-refractivity contribution in [2.45, 2.75) is 251 Å². The van der Waals surface area contributed by atoms with Crippen molar-refractivity contribution in [1.82, 2.24) is 5.32 Å². The van der Waals surface area contributed by atoms with E-state index in [1.54, 1.807) is 0 Å². The molecule has 0 saturated heterocycles. The fraction of sp³-hybridized carbons (Fsp3) is 0.690. The van der Waals surface area contributed by atoms with Crippen LogP contribution in [-0.2, 0) is 14.3 Å². The SMILES string of the molecule is CC/C=C/C=C/C=C/C=C\CCCCCC(CC(=O)NC(CO)C(O)CCCCCCCCCCCCCCCCCC)OC(=O)CCCCC/C=C/C/C=C/C/C=C/C/C=C/CC. The maximum Gasteiger partial charge on any atom is 0.306 e. The molecule has 0 aliphatic heterocycles. The highest BCUT2D eigenvalue weighted by atomic mass is 16.5. The minimum atomic E-state index is -0.810. The fourth-order valence-corrected chi connectivity index (χ4v) is 7.55. The van der Waals surface area contributed by atoms with Gasteiger partial charge in [0.25, 0.3) is 0 Å². The maximum atomic E-state index is 13.2. The molecular formula is C58H99NO5. The summed E-state index contributed by atoms with van der Waals surface area (Å²) >= 11 is 0. The fourth-order valence-electron chi connectivity index (χ4n) is 7.55. The first-order valence-corrected chi connectivity index (χ1v) is 26.5. The standard InChI is InChI=1S/C58H99NO5/c1-4-7-10-13-16-19-22-25-27-29-32-35-38-41-44-47-50-56(61)55(53-60)59-57(62)52-54(49-46-43-40-37-34-31-24-21-18-15-12-9-6-3)64-58(63)51-48-45-42-39-36-33-30-28-26-23-20-17-14-11-8-5-2/h8-9,11-12,15,17-18,20-21,24,26,28,31,33-34,36,54-56,60-61H,4-7,10,13-14,16,19,22-23,25,27,29-30,32,35,37-53H2,1-3H3,(H,59,62)/b11-8+,12-9+,18-15+,20-17+,24-21+,28-26+,34-31-,36-33+. The third-order valence-corrected chi connectivity index (χ3v) is 11.5. The smallest absolute Gasteiger partial charge is 0.306 e. The number of hydrogen-bond acceptors (Lipinski definition) is 5. The molecule has 0 fully saturated rings. The molecule has 0 aromatic heterocycles. The molecule has 366 valence electrons. The molecule has 3 unspecified atom stereocenters. The van der Waals surface area contributed by atoms with E-state index in [1.165, 1.54) is 83.5 Å². The Morgan fingerprint density at radius 2 is 0.922 bits per heavy atom. The van der Waals surface area contributed by atoms with Crippen molar-refractivity contribution in [1.29, 1.82) is 0 Å². The average molecular weight is 890 g/mol. The normalized spacial score (nSPS) is 14.0. The molecule has 1 amide bonds. The van der Waals surface area contributed by atoms with E-state index < -0.39 is 18.2 Å². The molecule has 3 atom stereocenters. The minimum Gasteiger partial charge on any atom is -0.462 e. The molecule has 0 saturated carbocycles. The van der Waals surface area contributed by atoms with Gasteiger partial charge in [-0.15, -0.1) is 0 Å². The van der Waals surface area contributed by atoms with Gasteiger partial charge in [0.2, 0.25) is 5.91 Å². The van der Waals surface area contributed by atoms with Crippen molar-refractivity contribution in [2.24, 2.45) is 0 Å². The predicted octanol–water partition coefficient (Wildman–Crippen LogP) is 16.1. The number of allylic oxidation sites excluding steroid dienone is 16. The van der Waals surface area contributed by atoms with Crippen LogP contribution in [-0.4, -0.2) is 46.9 Å². The molecule has 0 spiro atoms. The third kappa shape index (κ3) is 45.4. The zero-order valence-electron chi connectivity index (χ0n) is 41.6. The first-order valence-electron chi connectivity index (χ1n) is 26.5. The van der Waals surface area contributed by atoms with Crippen molar-refractivity contribution in [3.8, 4) is 0 Å². The van der Waals surface area contributed by atoms with Crippen molar-refractivity contribution in [3.05, 3.63) is 97.2 Å². The second-order valence-electron chi connectivity index (χ2n) is 17.6.